The van der Waals surface area contributed by atoms with E-state index in [-0.39, 0.29) is 0 Å². The average Bonchev–Trinajstić information content (AvgIpc) is 2.97. The molecule has 2 N–H and O–H groups in total. The van der Waals surface area contributed by atoms with Crippen molar-refractivity contribution >= 4 is 16.7 Å². The number of fused-ring (bicyclic) bond motifs is 1. The van der Waals surface area contributed by atoms with E-state index in [1.165, 1.54) is 0 Å². The van der Waals surface area contributed by atoms with E-state index >= 15 is 0 Å². The molecule has 0 saturated heterocycles. The summed E-state index contributed by atoms with van der Waals surface area (Å²) in [7, 11) is 1.63. The van der Waals surface area contributed by atoms with Crippen LogP contribution in [0.15, 0.2) is 30.9 Å². The van der Waals surface area contributed by atoms with Crippen molar-refractivity contribution in [1.29, 1.82) is 0 Å². The number of aromatic amines is 1. The highest BCUT2D eigenvalue weighted by atomic mass is 16.5. The number of H-pyrrole nitrogens is 1. The van der Waals surface area contributed by atoms with Gasteiger partial charge in [0.2, 0.25) is 0 Å². The SMILES string of the molecule is CCNc1cnc(-c2ncc(OC)c3cc[nH]c23)cn1. The quantitative estimate of drug-likeness (QED) is 0.761. The van der Waals surface area contributed by atoms with Crippen LogP contribution in [0.1, 0.15) is 6.92 Å². The van der Waals surface area contributed by atoms with Gasteiger partial charge in [0.15, 0.2) is 0 Å². The number of pyridine rings is 1. The molecule has 0 fully saturated rings. The Morgan fingerprint density at radius 3 is 2.80 bits per heavy atom. The molecule has 102 valence electrons. The fourth-order valence-electron chi connectivity index (χ4n) is 2.11. The van der Waals surface area contributed by atoms with Crippen molar-refractivity contribution in [2.45, 2.75) is 6.92 Å². The first-order valence-electron chi connectivity index (χ1n) is 6.40. The largest absolute Gasteiger partial charge is 0.494 e. The van der Waals surface area contributed by atoms with Crippen molar-refractivity contribution in [3.63, 3.8) is 0 Å². The predicted octanol–water partition coefficient (Wildman–Crippen LogP) is 2.46. The molecule has 6 nitrogen and oxygen atoms in total. The van der Waals surface area contributed by atoms with E-state index in [0.717, 1.165) is 40.4 Å². The maximum absolute atomic E-state index is 5.30. The van der Waals surface area contributed by atoms with Gasteiger partial charge in [-0.1, -0.05) is 0 Å². The van der Waals surface area contributed by atoms with Crippen LogP contribution < -0.4 is 10.1 Å². The number of hydrogen-bond acceptors (Lipinski definition) is 5. The monoisotopic (exact) mass is 269 g/mol. The molecule has 0 aromatic carbocycles. The Morgan fingerprint density at radius 2 is 2.10 bits per heavy atom. The Kier molecular flexibility index (Phi) is 3.20. The van der Waals surface area contributed by atoms with Gasteiger partial charge in [0, 0.05) is 18.1 Å². The molecule has 3 aromatic heterocycles. The third-order valence-electron chi connectivity index (χ3n) is 3.03. The lowest BCUT2D eigenvalue weighted by Gasteiger charge is -2.06. The number of methoxy groups -OCH3 is 1. The third kappa shape index (κ3) is 2.05. The average molecular weight is 269 g/mol. The van der Waals surface area contributed by atoms with Gasteiger partial charge in [-0.15, -0.1) is 0 Å². The van der Waals surface area contributed by atoms with Gasteiger partial charge in [0.05, 0.1) is 31.2 Å². The first-order valence-corrected chi connectivity index (χ1v) is 6.40. The van der Waals surface area contributed by atoms with Crippen LogP contribution in [0, 0.1) is 0 Å². The van der Waals surface area contributed by atoms with Gasteiger partial charge < -0.3 is 15.0 Å². The molecule has 0 unspecified atom stereocenters. The second kappa shape index (κ2) is 5.16. The smallest absolute Gasteiger partial charge is 0.146 e. The molecule has 0 aliphatic heterocycles. The van der Waals surface area contributed by atoms with E-state index in [2.05, 4.69) is 25.3 Å². The Morgan fingerprint density at radius 1 is 1.20 bits per heavy atom. The molecule has 0 bridgehead atoms. The van der Waals surface area contributed by atoms with Crippen LogP contribution in [0.25, 0.3) is 22.3 Å². The van der Waals surface area contributed by atoms with Crippen molar-refractivity contribution in [3.8, 4) is 17.1 Å². The van der Waals surface area contributed by atoms with E-state index in [1.807, 2.05) is 19.2 Å². The molecular weight excluding hydrogens is 254 g/mol. The van der Waals surface area contributed by atoms with Gasteiger partial charge in [0.25, 0.3) is 0 Å². The minimum absolute atomic E-state index is 0.724. The summed E-state index contributed by atoms with van der Waals surface area (Å²) in [6.07, 6.45) is 6.98. The molecule has 0 saturated carbocycles. The minimum Gasteiger partial charge on any atom is -0.494 e. The van der Waals surface area contributed by atoms with Crippen LogP contribution >= 0.6 is 0 Å². The van der Waals surface area contributed by atoms with Crippen LogP contribution in [0.4, 0.5) is 5.82 Å². The Balaban J connectivity index is 2.08. The molecule has 0 radical (unpaired) electrons. The minimum atomic E-state index is 0.724. The maximum Gasteiger partial charge on any atom is 0.146 e. The van der Waals surface area contributed by atoms with Gasteiger partial charge in [-0.3, -0.25) is 0 Å². The number of ether oxygens (including phenoxy) is 1. The molecule has 0 aliphatic rings. The Bertz CT molecular complexity index is 720. The topological polar surface area (TPSA) is 75.7 Å². The molecule has 0 amide bonds. The van der Waals surface area contributed by atoms with Crippen molar-refractivity contribution in [1.82, 2.24) is 19.9 Å². The lowest BCUT2D eigenvalue weighted by Crippen LogP contribution is -2.00. The number of anilines is 1. The molecule has 3 rings (SSSR count). The first kappa shape index (κ1) is 12.4. The van der Waals surface area contributed by atoms with E-state index < -0.39 is 0 Å². The van der Waals surface area contributed by atoms with Crippen LogP contribution in [0.2, 0.25) is 0 Å². The zero-order valence-corrected chi connectivity index (χ0v) is 11.3. The van der Waals surface area contributed by atoms with Gasteiger partial charge in [-0.25, -0.2) is 15.0 Å². The molecular formula is C14H15N5O. The molecule has 0 aliphatic carbocycles. The third-order valence-corrected chi connectivity index (χ3v) is 3.03. The normalized spacial score (nSPS) is 10.7. The molecule has 3 heterocycles. The lowest BCUT2D eigenvalue weighted by atomic mass is 10.2. The summed E-state index contributed by atoms with van der Waals surface area (Å²) < 4.78 is 5.30. The standard InChI is InChI=1S/C14H15N5O/c1-3-15-12-8-17-10(6-18-12)14-13-9(4-5-16-13)11(20-2)7-19-14/h4-8,16H,3H2,1-2H3,(H,15,18). The summed E-state index contributed by atoms with van der Waals surface area (Å²) in [6, 6.07) is 1.96. The Hall–Kier alpha value is -2.63. The van der Waals surface area contributed by atoms with Crippen molar-refractivity contribution in [2.75, 3.05) is 19.0 Å². The maximum atomic E-state index is 5.30. The summed E-state index contributed by atoms with van der Waals surface area (Å²) in [4.78, 5) is 16.3. The number of aromatic nitrogens is 4. The van der Waals surface area contributed by atoms with E-state index in [1.54, 1.807) is 25.7 Å². The van der Waals surface area contributed by atoms with Crippen LogP contribution in [-0.2, 0) is 0 Å². The van der Waals surface area contributed by atoms with Crippen molar-refractivity contribution in [3.05, 3.63) is 30.9 Å². The van der Waals surface area contributed by atoms with E-state index in [0.29, 0.717) is 0 Å². The number of hydrogen-bond donors (Lipinski definition) is 2. The molecule has 3 aromatic rings. The van der Waals surface area contributed by atoms with Gasteiger partial charge >= 0.3 is 0 Å². The van der Waals surface area contributed by atoms with Crippen molar-refractivity contribution < 1.29 is 4.74 Å². The summed E-state index contributed by atoms with van der Waals surface area (Å²) in [5.74, 6) is 1.50. The van der Waals surface area contributed by atoms with E-state index in [9.17, 15) is 0 Å². The van der Waals surface area contributed by atoms with Crippen LogP contribution in [0.3, 0.4) is 0 Å². The first-order chi connectivity index (χ1) is 9.83. The summed E-state index contributed by atoms with van der Waals surface area (Å²) >= 11 is 0. The molecule has 20 heavy (non-hydrogen) atoms. The van der Waals surface area contributed by atoms with Crippen LogP contribution in [0.5, 0.6) is 5.75 Å². The number of nitrogens with zero attached hydrogens (tertiary/aromatic N) is 3. The zero-order valence-electron chi connectivity index (χ0n) is 11.3. The van der Waals surface area contributed by atoms with Gasteiger partial charge in [-0.05, 0) is 13.0 Å². The Labute approximate surface area is 116 Å². The number of nitrogens with one attached hydrogen (secondary N) is 2. The highest BCUT2D eigenvalue weighted by molar-refractivity contribution is 5.94. The van der Waals surface area contributed by atoms with E-state index in [4.69, 9.17) is 4.74 Å². The highest BCUT2D eigenvalue weighted by Crippen LogP contribution is 2.30. The fourth-order valence-corrected chi connectivity index (χ4v) is 2.11. The predicted molar refractivity (Wildman–Crippen MR) is 77.8 cm³/mol. The second-order valence-electron chi connectivity index (χ2n) is 4.26. The molecule has 6 heteroatoms. The molecule has 0 atom stereocenters. The summed E-state index contributed by atoms with van der Waals surface area (Å²) in [5, 5.41) is 4.10. The lowest BCUT2D eigenvalue weighted by molar-refractivity contribution is 0.418. The summed E-state index contributed by atoms with van der Waals surface area (Å²) in [5.41, 5.74) is 2.39. The van der Waals surface area contributed by atoms with Crippen LogP contribution in [-0.4, -0.2) is 33.6 Å². The molecule has 0 spiro atoms. The zero-order chi connectivity index (χ0) is 13.9. The summed E-state index contributed by atoms with van der Waals surface area (Å²) in [6.45, 7) is 2.83. The highest BCUT2D eigenvalue weighted by Gasteiger charge is 2.12. The van der Waals surface area contributed by atoms with Gasteiger partial charge in [-0.2, -0.15) is 0 Å². The second-order valence-corrected chi connectivity index (χ2v) is 4.26. The number of rotatable bonds is 4. The fraction of sp³-hybridized carbons (Fsp3) is 0.214. The van der Waals surface area contributed by atoms with Crippen molar-refractivity contribution in [2.24, 2.45) is 0 Å². The van der Waals surface area contributed by atoms with Gasteiger partial charge in [0.1, 0.15) is 23.0 Å².